The molecule has 1 heterocycles. The summed E-state index contributed by atoms with van der Waals surface area (Å²) in [5, 5.41) is 14.5. The first-order valence-electron chi connectivity index (χ1n) is 9.29. The SMILES string of the molecule is O=C(N/N=C\c1cccc(OC(=O)c2ccc3c(c2)OCO3)c1)c1ccc([N+](=O)[O-])cc1. The van der Waals surface area contributed by atoms with Gasteiger partial charge in [0.05, 0.1) is 16.7 Å². The molecule has 0 bridgehead atoms. The zero-order valence-corrected chi connectivity index (χ0v) is 16.4. The highest BCUT2D eigenvalue weighted by molar-refractivity contribution is 5.95. The summed E-state index contributed by atoms with van der Waals surface area (Å²) in [7, 11) is 0. The maximum atomic E-state index is 12.4. The fraction of sp³-hybridized carbons (Fsp3) is 0.0455. The summed E-state index contributed by atoms with van der Waals surface area (Å²) >= 11 is 0. The third kappa shape index (κ3) is 4.70. The molecular formula is C22H15N3O7. The predicted molar refractivity (Wildman–Crippen MR) is 112 cm³/mol. The van der Waals surface area contributed by atoms with Crippen LogP contribution in [0.15, 0.2) is 71.8 Å². The lowest BCUT2D eigenvalue weighted by molar-refractivity contribution is -0.384. The quantitative estimate of drug-likeness (QED) is 0.208. The number of benzene rings is 3. The number of hydrogen-bond acceptors (Lipinski definition) is 8. The highest BCUT2D eigenvalue weighted by atomic mass is 16.7. The lowest BCUT2D eigenvalue weighted by Crippen LogP contribution is -2.17. The summed E-state index contributed by atoms with van der Waals surface area (Å²) in [5.41, 5.74) is 3.32. The van der Waals surface area contributed by atoms with Crippen molar-refractivity contribution in [3.8, 4) is 17.2 Å². The van der Waals surface area contributed by atoms with Crippen molar-refractivity contribution in [2.24, 2.45) is 5.10 Å². The van der Waals surface area contributed by atoms with Crippen molar-refractivity contribution in [2.75, 3.05) is 6.79 Å². The summed E-state index contributed by atoms with van der Waals surface area (Å²) < 4.78 is 15.9. The molecule has 160 valence electrons. The van der Waals surface area contributed by atoms with Gasteiger partial charge in [0.1, 0.15) is 5.75 Å². The van der Waals surface area contributed by atoms with Crippen molar-refractivity contribution in [3.05, 3.63) is 93.5 Å². The fourth-order valence-electron chi connectivity index (χ4n) is 2.81. The van der Waals surface area contributed by atoms with Gasteiger partial charge in [0, 0.05) is 17.7 Å². The van der Waals surface area contributed by atoms with Crippen molar-refractivity contribution in [2.45, 2.75) is 0 Å². The molecule has 4 rings (SSSR count). The van der Waals surface area contributed by atoms with Gasteiger partial charge in [0.25, 0.3) is 11.6 Å². The van der Waals surface area contributed by atoms with E-state index in [0.717, 1.165) is 0 Å². The Morgan fingerprint density at radius 3 is 2.53 bits per heavy atom. The van der Waals surface area contributed by atoms with E-state index in [9.17, 15) is 19.7 Å². The van der Waals surface area contributed by atoms with E-state index in [2.05, 4.69) is 10.5 Å². The number of nitro benzene ring substituents is 1. The van der Waals surface area contributed by atoms with Crippen LogP contribution in [0.1, 0.15) is 26.3 Å². The van der Waals surface area contributed by atoms with Crippen LogP contribution in [0.3, 0.4) is 0 Å². The van der Waals surface area contributed by atoms with E-state index in [0.29, 0.717) is 28.4 Å². The number of nitro groups is 1. The van der Waals surface area contributed by atoms with Crippen LogP contribution in [0.25, 0.3) is 0 Å². The van der Waals surface area contributed by atoms with Crippen molar-refractivity contribution >= 4 is 23.8 Å². The van der Waals surface area contributed by atoms with Gasteiger partial charge in [-0.15, -0.1) is 0 Å². The molecule has 1 aliphatic heterocycles. The molecule has 1 aliphatic rings. The monoisotopic (exact) mass is 433 g/mol. The minimum absolute atomic E-state index is 0.107. The van der Waals surface area contributed by atoms with Gasteiger partial charge >= 0.3 is 5.97 Å². The van der Waals surface area contributed by atoms with Crippen LogP contribution < -0.4 is 19.6 Å². The van der Waals surface area contributed by atoms with Crippen LogP contribution in [0.5, 0.6) is 17.2 Å². The molecule has 0 atom stereocenters. The number of amides is 1. The first-order chi connectivity index (χ1) is 15.5. The maximum Gasteiger partial charge on any atom is 0.343 e. The summed E-state index contributed by atoms with van der Waals surface area (Å²) in [6.07, 6.45) is 1.38. The molecule has 0 saturated carbocycles. The average Bonchev–Trinajstić information content (AvgIpc) is 3.27. The number of esters is 1. The van der Waals surface area contributed by atoms with Gasteiger partial charge in [-0.25, -0.2) is 10.2 Å². The zero-order chi connectivity index (χ0) is 22.5. The Morgan fingerprint density at radius 1 is 1.00 bits per heavy atom. The van der Waals surface area contributed by atoms with Gasteiger partial charge in [-0.2, -0.15) is 5.10 Å². The Bertz CT molecular complexity index is 1220. The van der Waals surface area contributed by atoms with Crippen LogP contribution in [-0.2, 0) is 0 Å². The molecule has 0 aromatic heterocycles. The second-order valence-electron chi connectivity index (χ2n) is 6.53. The van der Waals surface area contributed by atoms with Crippen LogP contribution in [0.4, 0.5) is 5.69 Å². The highest BCUT2D eigenvalue weighted by Gasteiger charge is 2.17. The molecule has 1 N–H and O–H groups in total. The van der Waals surface area contributed by atoms with Crippen LogP contribution in [0, 0.1) is 10.1 Å². The van der Waals surface area contributed by atoms with E-state index >= 15 is 0 Å². The molecule has 0 unspecified atom stereocenters. The van der Waals surface area contributed by atoms with Gasteiger partial charge in [0.2, 0.25) is 6.79 Å². The number of carbonyl (C=O) groups excluding carboxylic acids is 2. The van der Waals surface area contributed by atoms with Crippen molar-refractivity contribution in [1.82, 2.24) is 5.43 Å². The molecule has 10 nitrogen and oxygen atoms in total. The number of rotatable bonds is 6. The number of hydrazone groups is 1. The lowest BCUT2D eigenvalue weighted by Gasteiger charge is -2.06. The molecule has 0 fully saturated rings. The Kier molecular flexibility index (Phi) is 5.75. The topological polar surface area (TPSA) is 129 Å². The smallest absolute Gasteiger partial charge is 0.343 e. The van der Waals surface area contributed by atoms with Gasteiger partial charge in [-0.1, -0.05) is 12.1 Å². The molecule has 1 amide bonds. The summed E-state index contributed by atoms with van der Waals surface area (Å²) in [6, 6.07) is 16.4. The molecule has 0 spiro atoms. The molecule has 0 radical (unpaired) electrons. The number of carbonyl (C=O) groups is 2. The molecule has 0 saturated heterocycles. The number of hydrogen-bond donors (Lipinski definition) is 1. The van der Waals surface area contributed by atoms with Crippen LogP contribution in [0.2, 0.25) is 0 Å². The van der Waals surface area contributed by atoms with Crippen LogP contribution in [-0.4, -0.2) is 29.8 Å². The number of fused-ring (bicyclic) bond motifs is 1. The van der Waals surface area contributed by atoms with E-state index in [1.54, 1.807) is 42.5 Å². The third-order valence-corrected chi connectivity index (χ3v) is 4.40. The van der Waals surface area contributed by atoms with E-state index in [4.69, 9.17) is 14.2 Å². The largest absolute Gasteiger partial charge is 0.454 e. The zero-order valence-electron chi connectivity index (χ0n) is 16.4. The number of ether oxygens (including phenoxy) is 3. The summed E-state index contributed by atoms with van der Waals surface area (Å²) in [4.78, 5) is 34.6. The second-order valence-corrected chi connectivity index (χ2v) is 6.53. The second kappa shape index (κ2) is 8.96. The minimum Gasteiger partial charge on any atom is -0.454 e. The summed E-state index contributed by atoms with van der Waals surface area (Å²) in [6.45, 7) is 0.107. The molecule has 0 aliphatic carbocycles. The number of nitrogens with one attached hydrogen (secondary N) is 1. The first kappa shape index (κ1) is 20.5. The molecule has 3 aromatic rings. The van der Waals surface area contributed by atoms with Gasteiger partial charge in [-0.3, -0.25) is 14.9 Å². The lowest BCUT2D eigenvalue weighted by atomic mass is 10.2. The Hall–Kier alpha value is -4.73. The average molecular weight is 433 g/mol. The predicted octanol–water partition coefficient (Wildman–Crippen LogP) is 3.31. The summed E-state index contributed by atoms with van der Waals surface area (Å²) in [5.74, 6) is 0.239. The Balaban J connectivity index is 1.37. The van der Waals surface area contributed by atoms with E-state index in [-0.39, 0.29) is 18.0 Å². The number of non-ortho nitro benzene ring substituents is 1. The van der Waals surface area contributed by atoms with Crippen molar-refractivity contribution in [1.29, 1.82) is 0 Å². The first-order valence-corrected chi connectivity index (χ1v) is 9.29. The van der Waals surface area contributed by atoms with Gasteiger partial charge in [0.15, 0.2) is 11.5 Å². The minimum atomic E-state index is -0.566. The van der Waals surface area contributed by atoms with Crippen LogP contribution >= 0.6 is 0 Å². The molecule has 32 heavy (non-hydrogen) atoms. The number of nitrogens with zero attached hydrogens (tertiary/aromatic N) is 2. The Morgan fingerprint density at radius 2 is 1.75 bits per heavy atom. The van der Waals surface area contributed by atoms with Gasteiger partial charge < -0.3 is 14.2 Å². The van der Waals surface area contributed by atoms with Gasteiger partial charge in [-0.05, 0) is 48.0 Å². The third-order valence-electron chi connectivity index (χ3n) is 4.40. The normalized spacial score (nSPS) is 11.9. The molecular weight excluding hydrogens is 418 g/mol. The van der Waals surface area contributed by atoms with Crippen molar-refractivity contribution in [3.63, 3.8) is 0 Å². The fourth-order valence-corrected chi connectivity index (χ4v) is 2.81. The highest BCUT2D eigenvalue weighted by Crippen LogP contribution is 2.32. The van der Waals surface area contributed by atoms with Crippen molar-refractivity contribution < 1.29 is 28.7 Å². The Labute approximate surface area is 181 Å². The van der Waals surface area contributed by atoms with E-state index < -0.39 is 16.8 Å². The molecule has 3 aromatic carbocycles. The van der Waals surface area contributed by atoms with E-state index in [1.165, 1.54) is 30.5 Å². The molecule has 10 heteroatoms. The van der Waals surface area contributed by atoms with E-state index in [1.807, 2.05) is 0 Å². The maximum absolute atomic E-state index is 12.4. The standard InChI is InChI=1S/C22H15N3O7/c26-21(15-4-7-17(8-5-15)25(28)29)24-23-12-14-2-1-3-18(10-14)32-22(27)16-6-9-19-20(11-16)31-13-30-19/h1-12H,13H2,(H,24,26)/b23-12-.